The van der Waals surface area contributed by atoms with E-state index in [2.05, 4.69) is 34.5 Å². The number of ether oxygens (including phenoxy) is 1. The van der Waals surface area contributed by atoms with Crippen molar-refractivity contribution >= 4 is 0 Å². The molecule has 0 aromatic carbocycles. The second-order valence-electron chi connectivity index (χ2n) is 8.87. The van der Waals surface area contributed by atoms with Gasteiger partial charge in [-0.05, 0) is 57.1 Å². The predicted octanol–water partition coefficient (Wildman–Crippen LogP) is 3.88. The van der Waals surface area contributed by atoms with E-state index in [4.69, 9.17) is 9.84 Å². The predicted molar refractivity (Wildman–Crippen MR) is 106 cm³/mol. The van der Waals surface area contributed by atoms with Gasteiger partial charge in [-0.3, -0.25) is 14.6 Å². The second kappa shape index (κ2) is 7.23. The monoisotopic (exact) mass is 384 g/mol. The first-order valence-corrected chi connectivity index (χ1v) is 10.6. The minimum absolute atomic E-state index is 0.296. The molecule has 5 rings (SSSR count). The van der Waals surface area contributed by atoms with E-state index < -0.39 is 0 Å². The fraction of sp³-hybridized carbons (Fsp3) is 0.636. The molecule has 3 heterocycles. The standard InChI is InChI=1S/C22H29FN4O/c1-14(2)27-21(11-20(25-27)15-8-16(23)13-24-12-15)22-18-9-17(10-19(18)22)26-4-3-6-28-7-5-26/h8,11-14,17-19,22H,3-7,9-10H2,1-2H3/t17?,18-,19+,22?. The van der Waals surface area contributed by atoms with Gasteiger partial charge < -0.3 is 4.74 Å². The van der Waals surface area contributed by atoms with E-state index in [1.807, 2.05) is 0 Å². The third-order valence-corrected chi connectivity index (χ3v) is 6.79. The van der Waals surface area contributed by atoms with Crippen LogP contribution in [0.15, 0.2) is 24.5 Å². The van der Waals surface area contributed by atoms with Crippen molar-refractivity contribution in [3.63, 3.8) is 0 Å². The lowest BCUT2D eigenvalue weighted by atomic mass is 10.0. The molecule has 3 fully saturated rings. The minimum atomic E-state index is -0.314. The van der Waals surface area contributed by atoms with Gasteiger partial charge in [-0.2, -0.15) is 5.10 Å². The van der Waals surface area contributed by atoms with Gasteiger partial charge in [0.05, 0.1) is 18.5 Å². The van der Waals surface area contributed by atoms with Gasteiger partial charge in [-0.1, -0.05) is 0 Å². The van der Waals surface area contributed by atoms with Crippen molar-refractivity contribution in [2.24, 2.45) is 11.8 Å². The summed E-state index contributed by atoms with van der Waals surface area (Å²) in [7, 11) is 0. The van der Waals surface area contributed by atoms with Gasteiger partial charge in [0.1, 0.15) is 5.82 Å². The van der Waals surface area contributed by atoms with E-state index in [1.165, 1.54) is 37.3 Å². The molecule has 3 aliphatic rings. The summed E-state index contributed by atoms with van der Waals surface area (Å²) in [6.45, 7) is 8.37. The maximum absolute atomic E-state index is 13.6. The summed E-state index contributed by atoms with van der Waals surface area (Å²) in [4.78, 5) is 6.64. The molecule has 150 valence electrons. The van der Waals surface area contributed by atoms with Crippen molar-refractivity contribution < 1.29 is 9.13 Å². The Morgan fingerprint density at radius 2 is 1.93 bits per heavy atom. The summed E-state index contributed by atoms with van der Waals surface area (Å²) in [5.74, 6) is 1.82. The lowest BCUT2D eigenvalue weighted by Crippen LogP contribution is -2.36. The van der Waals surface area contributed by atoms with Gasteiger partial charge in [0.2, 0.25) is 0 Å². The van der Waals surface area contributed by atoms with Crippen molar-refractivity contribution in [1.82, 2.24) is 19.7 Å². The van der Waals surface area contributed by atoms with Crippen molar-refractivity contribution in [2.45, 2.75) is 51.1 Å². The lowest BCUT2D eigenvalue weighted by Gasteiger charge is -2.28. The smallest absolute Gasteiger partial charge is 0.142 e. The summed E-state index contributed by atoms with van der Waals surface area (Å²) >= 11 is 0. The normalized spacial score (nSPS) is 30.4. The number of halogens is 1. The molecule has 28 heavy (non-hydrogen) atoms. The van der Waals surface area contributed by atoms with E-state index in [9.17, 15) is 4.39 Å². The highest BCUT2D eigenvalue weighted by molar-refractivity contribution is 5.58. The Hall–Kier alpha value is -1.79. The Morgan fingerprint density at radius 1 is 1.11 bits per heavy atom. The Balaban J connectivity index is 1.34. The first-order chi connectivity index (χ1) is 13.6. The van der Waals surface area contributed by atoms with Crippen LogP contribution in [0.2, 0.25) is 0 Å². The molecule has 5 nitrogen and oxygen atoms in total. The fourth-order valence-corrected chi connectivity index (χ4v) is 5.44. The maximum Gasteiger partial charge on any atom is 0.142 e. The molecule has 0 spiro atoms. The summed E-state index contributed by atoms with van der Waals surface area (Å²) in [5.41, 5.74) is 2.91. The summed E-state index contributed by atoms with van der Waals surface area (Å²) in [5, 5.41) is 4.81. The highest BCUT2D eigenvalue weighted by atomic mass is 19.1. The van der Waals surface area contributed by atoms with Crippen LogP contribution in [0, 0.1) is 17.7 Å². The van der Waals surface area contributed by atoms with E-state index in [-0.39, 0.29) is 5.82 Å². The molecule has 0 N–H and O–H groups in total. The van der Waals surface area contributed by atoms with Crippen LogP contribution in [0.1, 0.15) is 50.8 Å². The van der Waals surface area contributed by atoms with Crippen LogP contribution in [0.3, 0.4) is 0 Å². The lowest BCUT2D eigenvalue weighted by molar-refractivity contribution is 0.129. The number of pyridine rings is 1. The zero-order valence-corrected chi connectivity index (χ0v) is 16.7. The van der Waals surface area contributed by atoms with Gasteiger partial charge in [-0.25, -0.2) is 4.39 Å². The number of hydrogen-bond donors (Lipinski definition) is 0. The zero-order valence-electron chi connectivity index (χ0n) is 16.7. The minimum Gasteiger partial charge on any atom is -0.380 e. The quantitative estimate of drug-likeness (QED) is 0.802. The summed E-state index contributed by atoms with van der Waals surface area (Å²) < 4.78 is 21.4. The van der Waals surface area contributed by atoms with Crippen LogP contribution in [-0.2, 0) is 4.74 Å². The van der Waals surface area contributed by atoms with Gasteiger partial charge >= 0.3 is 0 Å². The molecular weight excluding hydrogens is 355 g/mol. The average molecular weight is 384 g/mol. The Bertz CT molecular complexity index is 831. The molecule has 2 unspecified atom stereocenters. The van der Waals surface area contributed by atoms with Crippen LogP contribution in [0.4, 0.5) is 4.39 Å². The highest BCUT2D eigenvalue weighted by Crippen LogP contribution is 2.64. The molecule has 0 amide bonds. The van der Waals surface area contributed by atoms with E-state index >= 15 is 0 Å². The third-order valence-electron chi connectivity index (χ3n) is 6.79. The van der Waals surface area contributed by atoms with Crippen LogP contribution >= 0.6 is 0 Å². The number of hydrogen-bond acceptors (Lipinski definition) is 4. The Labute approximate surface area is 165 Å². The molecule has 2 aromatic heterocycles. The average Bonchev–Trinajstić information content (AvgIpc) is 3.01. The number of nitrogens with zero attached hydrogens (tertiary/aromatic N) is 4. The van der Waals surface area contributed by atoms with Crippen molar-refractivity contribution in [1.29, 1.82) is 0 Å². The highest BCUT2D eigenvalue weighted by Gasteiger charge is 2.58. The largest absolute Gasteiger partial charge is 0.380 e. The molecule has 1 saturated heterocycles. The molecule has 2 aliphatic carbocycles. The van der Waals surface area contributed by atoms with Gasteiger partial charge in [0, 0.05) is 55.2 Å². The van der Waals surface area contributed by atoms with Crippen LogP contribution in [0.5, 0.6) is 0 Å². The van der Waals surface area contributed by atoms with Gasteiger partial charge in [0.15, 0.2) is 0 Å². The van der Waals surface area contributed by atoms with Crippen LogP contribution in [0.25, 0.3) is 11.3 Å². The Kier molecular flexibility index (Phi) is 4.71. The summed E-state index contributed by atoms with van der Waals surface area (Å²) in [6, 6.07) is 4.71. The van der Waals surface area contributed by atoms with Gasteiger partial charge in [-0.15, -0.1) is 0 Å². The van der Waals surface area contributed by atoms with Crippen molar-refractivity contribution in [3.05, 3.63) is 36.0 Å². The van der Waals surface area contributed by atoms with Crippen molar-refractivity contribution in [3.8, 4) is 11.3 Å². The number of rotatable bonds is 4. The molecule has 4 atom stereocenters. The van der Waals surface area contributed by atoms with Crippen LogP contribution < -0.4 is 0 Å². The SMILES string of the molecule is CC(C)n1nc(-c2cncc(F)c2)cc1C1[C@H]2CC(N3CCCOCC3)C[C@@H]12. The molecule has 1 aliphatic heterocycles. The summed E-state index contributed by atoms with van der Waals surface area (Å²) in [6.07, 6.45) is 6.67. The van der Waals surface area contributed by atoms with E-state index in [0.717, 1.165) is 55.3 Å². The maximum atomic E-state index is 13.6. The fourth-order valence-electron chi connectivity index (χ4n) is 5.44. The number of aromatic nitrogens is 3. The molecule has 6 heteroatoms. The second-order valence-corrected chi connectivity index (χ2v) is 8.87. The molecule has 0 bridgehead atoms. The molecule has 0 radical (unpaired) electrons. The van der Waals surface area contributed by atoms with Crippen LogP contribution in [-0.4, -0.2) is 52.0 Å². The zero-order chi connectivity index (χ0) is 19.3. The first-order valence-electron chi connectivity index (χ1n) is 10.6. The van der Waals surface area contributed by atoms with E-state index in [0.29, 0.717) is 12.0 Å². The molecule has 2 aromatic rings. The topological polar surface area (TPSA) is 43.2 Å². The van der Waals surface area contributed by atoms with E-state index in [1.54, 1.807) is 6.20 Å². The first kappa shape index (κ1) is 18.3. The molecule has 2 saturated carbocycles. The number of fused-ring (bicyclic) bond motifs is 1. The third kappa shape index (κ3) is 3.26. The molecular formula is C22H29FN4O. The van der Waals surface area contributed by atoms with Crippen molar-refractivity contribution in [2.75, 3.05) is 26.3 Å². The van der Waals surface area contributed by atoms with Gasteiger partial charge in [0.25, 0.3) is 0 Å². The Morgan fingerprint density at radius 3 is 2.68 bits per heavy atom.